The van der Waals surface area contributed by atoms with Crippen LogP contribution in [0, 0.1) is 6.92 Å². The first-order valence-corrected chi connectivity index (χ1v) is 10.4. The van der Waals surface area contributed by atoms with Gasteiger partial charge < -0.3 is 9.15 Å². The van der Waals surface area contributed by atoms with Crippen molar-refractivity contribution in [3.63, 3.8) is 0 Å². The van der Waals surface area contributed by atoms with E-state index in [4.69, 9.17) is 9.15 Å². The normalized spacial score (nSPS) is 16.4. The second-order valence-electron chi connectivity index (χ2n) is 6.98. The molecule has 156 valence electrons. The van der Waals surface area contributed by atoms with E-state index in [1.807, 2.05) is 37.3 Å². The Kier molecular flexibility index (Phi) is 5.77. The minimum absolute atomic E-state index is 0.128. The van der Waals surface area contributed by atoms with Gasteiger partial charge in [0.05, 0.1) is 23.3 Å². The van der Waals surface area contributed by atoms with Gasteiger partial charge >= 0.3 is 5.97 Å². The highest BCUT2D eigenvalue weighted by molar-refractivity contribution is 8.18. The molecule has 0 aliphatic carbocycles. The number of hydrogen-bond acceptors (Lipinski definition) is 6. The highest BCUT2D eigenvalue weighted by Crippen LogP contribution is 2.34. The molecule has 0 spiro atoms. The van der Waals surface area contributed by atoms with Crippen molar-refractivity contribution >= 4 is 40.6 Å². The molecule has 31 heavy (non-hydrogen) atoms. The number of aliphatic imine (C=N–C) groups is 1. The predicted molar refractivity (Wildman–Crippen MR) is 122 cm³/mol. The zero-order valence-electron chi connectivity index (χ0n) is 17.3. The Morgan fingerprint density at radius 2 is 1.77 bits per heavy atom. The van der Waals surface area contributed by atoms with Crippen LogP contribution in [0.5, 0.6) is 0 Å². The number of methoxy groups -OCH3 is 1. The number of esters is 1. The van der Waals surface area contributed by atoms with Gasteiger partial charge in [-0.3, -0.25) is 9.69 Å². The van der Waals surface area contributed by atoms with Crippen molar-refractivity contribution < 1.29 is 18.7 Å². The third kappa shape index (κ3) is 4.46. The van der Waals surface area contributed by atoms with Crippen molar-refractivity contribution in [2.75, 3.05) is 14.2 Å². The van der Waals surface area contributed by atoms with E-state index >= 15 is 0 Å². The topological polar surface area (TPSA) is 72.1 Å². The Morgan fingerprint density at radius 3 is 2.45 bits per heavy atom. The van der Waals surface area contributed by atoms with Gasteiger partial charge in [-0.1, -0.05) is 29.8 Å². The Bertz CT molecular complexity index is 1190. The minimum atomic E-state index is -0.389. The molecule has 1 amide bonds. The molecule has 0 bridgehead atoms. The van der Waals surface area contributed by atoms with Gasteiger partial charge in [0.25, 0.3) is 5.91 Å². The zero-order valence-corrected chi connectivity index (χ0v) is 18.1. The Balaban J connectivity index is 1.54. The number of rotatable bonds is 4. The quantitative estimate of drug-likeness (QED) is 0.415. The van der Waals surface area contributed by atoms with Crippen molar-refractivity contribution in [3.8, 4) is 11.3 Å². The Morgan fingerprint density at radius 1 is 1.06 bits per heavy atom. The first-order valence-electron chi connectivity index (χ1n) is 9.56. The number of likely N-dealkylation sites (N-methyl/N-ethyl adjacent to an activating group) is 1. The van der Waals surface area contributed by atoms with Crippen molar-refractivity contribution in [3.05, 3.63) is 82.5 Å². The first kappa shape index (κ1) is 20.7. The number of aryl methyl sites for hydroxylation is 1. The molecule has 0 saturated carbocycles. The number of thioether (sulfide) groups is 1. The van der Waals surface area contributed by atoms with Gasteiger partial charge in [-0.25, -0.2) is 9.79 Å². The fourth-order valence-corrected chi connectivity index (χ4v) is 3.95. The van der Waals surface area contributed by atoms with E-state index in [1.54, 1.807) is 43.5 Å². The number of furan rings is 1. The van der Waals surface area contributed by atoms with Crippen LogP contribution < -0.4 is 0 Å². The minimum Gasteiger partial charge on any atom is -0.465 e. The molecule has 1 fully saturated rings. The number of ether oxygens (including phenoxy) is 1. The second-order valence-corrected chi connectivity index (χ2v) is 7.98. The smallest absolute Gasteiger partial charge is 0.337 e. The molecule has 7 heteroatoms. The lowest BCUT2D eigenvalue weighted by atomic mass is 10.1. The van der Waals surface area contributed by atoms with Crippen LogP contribution in [0.25, 0.3) is 17.4 Å². The lowest BCUT2D eigenvalue weighted by molar-refractivity contribution is -0.121. The number of hydrogen-bond donors (Lipinski definition) is 0. The number of benzene rings is 2. The number of amides is 1. The fourth-order valence-electron chi connectivity index (χ4n) is 2.98. The van der Waals surface area contributed by atoms with Gasteiger partial charge in [-0.15, -0.1) is 0 Å². The third-order valence-corrected chi connectivity index (χ3v) is 5.81. The van der Waals surface area contributed by atoms with Crippen molar-refractivity contribution in [1.29, 1.82) is 0 Å². The molecule has 0 N–H and O–H groups in total. The summed E-state index contributed by atoms with van der Waals surface area (Å²) in [6, 6.07) is 18.4. The summed E-state index contributed by atoms with van der Waals surface area (Å²) in [7, 11) is 3.05. The molecule has 6 nitrogen and oxygen atoms in total. The summed E-state index contributed by atoms with van der Waals surface area (Å²) in [5.74, 6) is 0.685. The molecular weight excluding hydrogens is 412 g/mol. The van der Waals surface area contributed by atoms with E-state index in [0.29, 0.717) is 27.2 Å². The molecule has 3 aromatic rings. The van der Waals surface area contributed by atoms with E-state index in [-0.39, 0.29) is 11.9 Å². The van der Waals surface area contributed by atoms with Gasteiger partial charge in [-0.05, 0) is 55.1 Å². The summed E-state index contributed by atoms with van der Waals surface area (Å²) >= 11 is 1.31. The maximum atomic E-state index is 12.6. The van der Waals surface area contributed by atoms with E-state index in [0.717, 1.165) is 16.8 Å². The SMILES string of the molecule is COC(=O)c1ccc(-c2ccc(/C=C3/SC(=Nc4ccc(C)cc4)N(C)C3=O)o2)cc1. The van der Waals surface area contributed by atoms with Crippen LogP contribution >= 0.6 is 11.8 Å². The van der Waals surface area contributed by atoms with E-state index in [9.17, 15) is 9.59 Å². The molecule has 1 aliphatic heterocycles. The molecular formula is C24H20N2O4S. The molecule has 1 aromatic heterocycles. The summed E-state index contributed by atoms with van der Waals surface area (Å²) in [5, 5.41) is 0.616. The fraction of sp³-hybridized carbons (Fsp3) is 0.125. The summed E-state index contributed by atoms with van der Waals surface area (Å²) < 4.78 is 10.6. The summed E-state index contributed by atoms with van der Waals surface area (Å²) in [5.41, 5.74) is 3.24. The number of carbonyl (C=O) groups excluding carboxylic acids is 2. The first-order chi connectivity index (χ1) is 14.9. The monoisotopic (exact) mass is 432 g/mol. The molecule has 1 aliphatic rings. The van der Waals surface area contributed by atoms with Crippen molar-refractivity contribution in [2.24, 2.45) is 4.99 Å². The maximum absolute atomic E-state index is 12.6. The van der Waals surface area contributed by atoms with Crippen molar-refractivity contribution in [1.82, 2.24) is 4.90 Å². The number of amidine groups is 1. The molecule has 0 unspecified atom stereocenters. The van der Waals surface area contributed by atoms with Crippen LogP contribution in [-0.2, 0) is 9.53 Å². The lowest BCUT2D eigenvalue weighted by Crippen LogP contribution is -2.23. The second kappa shape index (κ2) is 8.65. The summed E-state index contributed by atoms with van der Waals surface area (Å²) in [6.45, 7) is 2.02. The highest BCUT2D eigenvalue weighted by atomic mass is 32.2. The third-order valence-electron chi connectivity index (χ3n) is 4.75. The molecule has 1 saturated heterocycles. The van der Waals surface area contributed by atoms with Crippen LogP contribution in [0.15, 0.2) is 75.0 Å². The maximum Gasteiger partial charge on any atom is 0.337 e. The highest BCUT2D eigenvalue weighted by Gasteiger charge is 2.30. The average Bonchev–Trinajstić information content (AvgIpc) is 3.36. The van der Waals surface area contributed by atoms with E-state index in [2.05, 4.69) is 4.99 Å². The standard InChI is InChI=1S/C24H20N2O4S/c1-15-4-10-18(11-5-15)25-24-26(2)22(27)21(31-24)14-19-12-13-20(30-19)16-6-8-17(9-7-16)23(28)29-3/h4-14H,1-3H3/b21-14+,25-24?. The molecule has 0 radical (unpaired) electrons. The lowest BCUT2D eigenvalue weighted by Gasteiger charge is -2.07. The van der Waals surface area contributed by atoms with Crippen LogP contribution in [-0.4, -0.2) is 36.1 Å². The van der Waals surface area contributed by atoms with Gasteiger partial charge in [0.15, 0.2) is 5.17 Å². The summed E-state index contributed by atoms with van der Waals surface area (Å²) in [6.07, 6.45) is 1.72. The van der Waals surface area contributed by atoms with E-state index < -0.39 is 0 Å². The van der Waals surface area contributed by atoms with Crippen molar-refractivity contribution in [2.45, 2.75) is 6.92 Å². The molecule has 2 aromatic carbocycles. The largest absolute Gasteiger partial charge is 0.465 e. The molecule has 2 heterocycles. The van der Waals surface area contributed by atoms with Crippen LogP contribution in [0.2, 0.25) is 0 Å². The number of carbonyl (C=O) groups is 2. The van der Waals surface area contributed by atoms with Gasteiger partial charge in [0, 0.05) is 18.7 Å². The van der Waals surface area contributed by atoms with Gasteiger partial charge in [-0.2, -0.15) is 0 Å². The number of nitrogens with zero attached hydrogens (tertiary/aromatic N) is 2. The average molecular weight is 433 g/mol. The molecule has 0 atom stereocenters. The van der Waals surface area contributed by atoms with Crippen LogP contribution in [0.3, 0.4) is 0 Å². The Hall–Kier alpha value is -3.58. The predicted octanol–water partition coefficient (Wildman–Crippen LogP) is 5.28. The van der Waals surface area contributed by atoms with E-state index in [1.165, 1.54) is 23.8 Å². The van der Waals surface area contributed by atoms with Gasteiger partial charge in [0.1, 0.15) is 11.5 Å². The molecule has 4 rings (SSSR count). The van der Waals surface area contributed by atoms with Gasteiger partial charge in [0.2, 0.25) is 0 Å². The Labute approximate surface area is 184 Å². The van der Waals surface area contributed by atoms with Crippen LogP contribution in [0.4, 0.5) is 5.69 Å². The summed E-state index contributed by atoms with van der Waals surface area (Å²) in [4.78, 5) is 30.9. The zero-order chi connectivity index (χ0) is 22.0. The van der Waals surface area contributed by atoms with Crippen LogP contribution in [0.1, 0.15) is 21.7 Å².